The zero-order valence-corrected chi connectivity index (χ0v) is 10.6. The average Bonchev–Trinajstić information content (AvgIpc) is 2.28. The van der Waals surface area contributed by atoms with Crippen LogP contribution in [0.15, 0.2) is 12.3 Å². The van der Waals surface area contributed by atoms with Crippen LogP contribution in [0.1, 0.15) is 33.6 Å². The lowest BCUT2D eigenvalue weighted by Gasteiger charge is -2.15. The second-order valence-electron chi connectivity index (χ2n) is 3.07. The lowest BCUT2D eigenvalue weighted by molar-refractivity contribution is -0.138. The molecule has 0 radical (unpaired) electrons. The molecule has 0 amide bonds. The van der Waals surface area contributed by atoms with Gasteiger partial charge in [0.15, 0.2) is 13.1 Å². The van der Waals surface area contributed by atoms with Crippen molar-refractivity contribution in [3.63, 3.8) is 0 Å². The van der Waals surface area contributed by atoms with E-state index in [1.165, 1.54) is 0 Å². The van der Waals surface area contributed by atoms with Gasteiger partial charge in [0.25, 0.3) is 0 Å². The van der Waals surface area contributed by atoms with E-state index in [1.807, 2.05) is 26.8 Å². The molecular weight excluding hydrogens is 208 g/mol. The molecule has 0 N–H and O–H groups in total. The quantitative estimate of drug-likeness (QED) is 0.312. The molecule has 0 aromatic heterocycles. The van der Waals surface area contributed by atoms with Gasteiger partial charge in [-0.25, -0.2) is 0 Å². The molecule has 16 heavy (non-hydrogen) atoms. The summed E-state index contributed by atoms with van der Waals surface area (Å²) in [6.45, 7) is 8.20. The van der Waals surface area contributed by atoms with Gasteiger partial charge in [0, 0.05) is 26.2 Å². The van der Waals surface area contributed by atoms with Crippen LogP contribution in [0, 0.1) is 0 Å². The van der Waals surface area contributed by atoms with E-state index < -0.39 is 0 Å². The second-order valence-corrected chi connectivity index (χ2v) is 3.07. The topological polar surface area (TPSA) is 36.9 Å². The molecule has 96 valence electrons. The minimum Gasteiger partial charge on any atom is -0.475 e. The molecule has 0 aliphatic carbocycles. The third-order valence-electron chi connectivity index (χ3n) is 1.82. The van der Waals surface area contributed by atoms with Crippen molar-refractivity contribution in [2.75, 3.05) is 26.6 Å². The monoisotopic (exact) mass is 232 g/mol. The van der Waals surface area contributed by atoms with Gasteiger partial charge in [-0.3, -0.25) is 0 Å². The average molecular weight is 232 g/mol. The highest BCUT2D eigenvalue weighted by molar-refractivity contribution is 4.73. The van der Waals surface area contributed by atoms with E-state index in [-0.39, 0.29) is 6.29 Å². The zero-order valence-electron chi connectivity index (χ0n) is 10.6. The maximum atomic E-state index is 5.41. The Morgan fingerprint density at radius 1 is 1.00 bits per heavy atom. The molecule has 0 spiro atoms. The van der Waals surface area contributed by atoms with Crippen molar-refractivity contribution in [1.82, 2.24) is 0 Å². The van der Waals surface area contributed by atoms with Gasteiger partial charge >= 0.3 is 0 Å². The summed E-state index contributed by atoms with van der Waals surface area (Å²) >= 11 is 0. The van der Waals surface area contributed by atoms with Crippen molar-refractivity contribution < 1.29 is 18.9 Å². The molecule has 0 aromatic rings. The second kappa shape index (κ2) is 12.5. The number of hydrogen-bond acceptors (Lipinski definition) is 4. The molecule has 0 atom stereocenters. The fourth-order valence-electron chi connectivity index (χ4n) is 1.13. The highest BCUT2D eigenvalue weighted by atomic mass is 16.7. The summed E-state index contributed by atoms with van der Waals surface area (Å²) in [5, 5.41) is 0. The molecule has 4 nitrogen and oxygen atoms in total. The molecule has 0 saturated carbocycles. The Bertz CT molecular complexity index is 153. The van der Waals surface area contributed by atoms with Gasteiger partial charge in [-0.2, -0.15) is 0 Å². The first-order valence-corrected chi connectivity index (χ1v) is 5.92. The van der Waals surface area contributed by atoms with Gasteiger partial charge in [-0.05, 0) is 33.3 Å². The van der Waals surface area contributed by atoms with Crippen LogP contribution in [-0.2, 0) is 18.9 Å². The summed E-state index contributed by atoms with van der Waals surface area (Å²) in [4.78, 5) is 0. The Kier molecular flexibility index (Phi) is 12.0. The van der Waals surface area contributed by atoms with Crippen molar-refractivity contribution in [2.45, 2.75) is 39.9 Å². The first-order chi connectivity index (χ1) is 7.85. The summed E-state index contributed by atoms with van der Waals surface area (Å²) < 4.78 is 20.9. The molecule has 0 aliphatic rings. The molecule has 0 aromatic carbocycles. The van der Waals surface area contributed by atoms with E-state index in [9.17, 15) is 0 Å². The van der Waals surface area contributed by atoms with Gasteiger partial charge in [0.05, 0.1) is 6.26 Å². The van der Waals surface area contributed by atoms with Crippen molar-refractivity contribution in [1.29, 1.82) is 0 Å². The Balaban J connectivity index is 3.44. The highest BCUT2D eigenvalue weighted by Crippen LogP contribution is 2.05. The fraction of sp³-hybridized carbons (Fsp3) is 0.833. The summed E-state index contributed by atoms with van der Waals surface area (Å²) in [5.74, 6) is 0. The first-order valence-electron chi connectivity index (χ1n) is 5.92. The Labute approximate surface area is 98.5 Å². The first kappa shape index (κ1) is 15.4. The Morgan fingerprint density at radius 2 is 1.69 bits per heavy atom. The van der Waals surface area contributed by atoms with Gasteiger partial charge in [-0.1, -0.05) is 0 Å². The normalized spacial score (nSPS) is 11.5. The van der Waals surface area contributed by atoms with Crippen LogP contribution in [0.5, 0.6) is 0 Å². The summed E-state index contributed by atoms with van der Waals surface area (Å²) in [5.41, 5.74) is 0. The van der Waals surface area contributed by atoms with Crippen molar-refractivity contribution in [3.8, 4) is 0 Å². The lowest BCUT2D eigenvalue weighted by atomic mass is 10.3. The lowest BCUT2D eigenvalue weighted by Crippen LogP contribution is -2.16. The van der Waals surface area contributed by atoms with Gasteiger partial charge in [-0.15, -0.1) is 0 Å². The Morgan fingerprint density at radius 3 is 2.25 bits per heavy atom. The van der Waals surface area contributed by atoms with E-state index in [2.05, 4.69) is 0 Å². The number of allylic oxidation sites excluding steroid dienone is 1. The summed E-state index contributed by atoms with van der Waals surface area (Å²) in [6.07, 6.45) is 5.22. The van der Waals surface area contributed by atoms with E-state index >= 15 is 0 Å². The minimum atomic E-state index is -0.105. The van der Waals surface area contributed by atoms with Crippen LogP contribution in [0.4, 0.5) is 0 Å². The number of hydrogen-bond donors (Lipinski definition) is 0. The van der Waals surface area contributed by atoms with E-state index in [4.69, 9.17) is 18.9 Å². The van der Waals surface area contributed by atoms with Crippen LogP contribution in [0.2, 0.25) is 0 Å². The summed E-state index contributed by atoms with van der Waals surface area (Å²) in [6, 6.07) is 0. The standard InChI is InChI=1S/C12H24O4/c1-4-13-11-14-10-8-7-9-12(15-5-2)16-6-3/h8,10,12H,4-7,9,11H2,1-3H3. The zero-order chi connectivity index (χ0) is 12.1. The molecule has 0 saturated heterocycles. The third kappa shape index (κ3) is 9.96. The molecule has 0 bridgehead atoms. The van der Waals surface area contributed by atoms with E-state index in [1.54, 1.807) is 6.26 Å². The smallest absolute Gasteiger partial charge is 0.188 e. The number of ether oxygens (including phenoxy) is 4. The van der Waals surface area contributed by atoms with E-state index in [0.29, 0.717) is 26.6 Å². The van der Waals surface area contributed by atoms with E-state index in [0.717, 1.165) is 12.8 Å². The summed E-state index contributed by atoms with van der Waals surface area (Å²) in [7, 11) is 0. The third-order valence-corrected chi connectivity index (χ3v) is 1.82. The predicted octanol–water partition coefficient (Wildman–Crippen LogP) is 2.69. The molecule has 0 fully saturated rings. The predicted molar refractivity (Wildman–Crippen MR) is 63.0 cm³/mol. The van der Waals surface area contributed by atoms with Crippen molar-refractivity contribution in [3.05, 3.63) is 12.3 Å². The highest BCUT2D eigenvalue weighted by Gasteiger charge is 2.05. The largest absolute Gasteiger partial charge is 0.475 e. The number of rotatable bonds is 11. The minimum absolute atomic E-state index is 0.105. The molecule has 4 heteroatoms. The molecule has 0 aliphatic heterocycles. The van der Waals surface area contributed by atoms with Gasteiger partial charge in [0.2, 0.25) is 0 Å². The maximum Gasteiger partial charge on any atom is 0.188 e. The van der Waals surface area contributed by atoms with Crippen LogP contribution < -0.4 is 0 Å². The SMILES string of the molecule is CCOCOC=CCCC(OCC)OCC. The van der Waals surface area contributed by atoms with Gasteiger partial charge in [0.1, 0.15) is 0 Å². The van der Waals surface area contributed by atoms with Crippen LogP contribution in [0.3, 0.4) is 0 Å². The van der Waals surface area contributed by atoms with Crippen molar-refractivity contribution >= 4 is 0 Å². The van der Waals surface area contributed by atoms with Crippen LogP contribution in [-0.4, -0.2) is 32.9 Å². The van der Waals surface area contributed by atoms with Crippen LogP contribution >= 0.6 is 0 Å². The molecular formula is C12H24O4. The maximum absolute atomic E-state index is 5.41. The molecule has 0 unspecified atom stereocenters. The van der Waals surface area contributed by atoms with Crippen LogP contribution in [0.25, 0.3) is 0 Å². The van der Waals surface area contributed by atoms with Gasteiger partial charge < -0.3 is 18.9 Å². The molecule has 0 heterocycles. The fourth-order valence-corrected chi connectivity index (χ4v) is 1.13. The molecule has 0 rings (SSSR count). The Hall–Kier alpha value is -0.580. The van der Waals surface area contributed by atoms with Crippen molar-refractivity contribution in [2.24, 2.45) is 0 Å².